The Labute approximate surface area is 120 Å². The standard InChI is InChI=1S/C13H10ClNO4S/c14-13(10-6-8-11(9-7-10)15(16)17)20(18,19)12-4-2-1-3-5-12/h1-9,13H/t13-/m0/s1. The van der Waals surface area contributed by atoms with E-state index in [9.17, 15) is 18.5 Å². The van der Waals surface area contributed by atoms with Crippen molar-refractivity contribution in [3.8, 4) is 0 Å². The molecule has 20 heavy (non-hydrogen) atoms. The highest BCUT2D eigenvalue weighted by molar-refractivity contribution is 7.92. The Morgan fingerprint density at radius 3 is 2.05 bits per heavy atom. The molecular formula is C13H10ClNO4S. The summed E-state index contributed by atoms with van der Waals surface area (Å²) in [6.45, 7) is 0. The predicted molar refractivity (Wildman–Crippen MR) is 75.3 cm³/mol. The van der Waals surface area contributed by atoms with Crippen LogP contribution in [0.1, 0.15) is 10.3 Å². The van der Waals surface area contributed by atoms with E-state index in [4.69, 9.17) is 11.6 Å². The number of non-ortho nitro benzene ring substituents is 1. The van der Waals surface area contributed by atoms with E-state index < -0.39 is 19.5 Å². The van der Waals surface area contributed by atoms with Crippen LogP contribution < -0.4 is 0 Å². The lowest BCUT2D eigenvalue weighted by atomic mass is 10.2. The SMILES string of the molecule is O=[N+]([O-])c1ccc([C@@H](Cl)S(=O)(=O)c2ccccc2)cc1. The van der Waals surface area contributed by atoms with E-state index in [0.717, 1.165) is 0 Å². The third-order valence-electron chi connectivity index (χ3n) is 2.71. The Bertz CT molecular complexity index is 714. The van der Waals surface area contributed by atoms with E-state index in [0.29, 0.717) is 5.56 Å². The second-order valence-corrected chi connectivity index (χ2v) is 6.75. The number of hydrogen-bond acceptors (Lipinski definition) is 4. The molecule has 0 amide bonds. The van der Waals surface area contributed by atoms with Gasteiger partial charge >= 0.3 is 0 Å². The minimum absolute atomic E-state index is 0.110. The van der Waals surface area contributed by atoms with Crippen LogP contribution in [0.25, 0.3) is 0 Å². The van der Waals surface area contributed by atoms with Crippen molar-refractivity contribution in [2.45, 2.75) is 9.60 Å². The van der Waals surface area contributed by atoms with Crippen LogP contribution in [0.15, 0.2) is 59.5 Å². The zero-order chi connectivity index (χ0) is 14.8. The van der Waals surface area contributed by atoms with Gasteiger partial charge in [-0.15, -0.1) is 0 Å². The van der Waals surface area contributed by atoms with Crippen molar-refractivity contribution in [3.05, 3.63) is 70.3 Å². The molecule has 0 bridgehead atoms. The summed E-state index contributed by atoms with van der Waals surface area (Å²) in [5.74, 6) is 0. The molecule has 1 atom stereocenters. The zero-order valence-corrected chi connectivity index (χ0v) is 11.7. The Morgan fingerprint density at radius 2 is 1.55 bits per heavy atom. The Hall–Kier alpha value is -1.92. The summed E-state index contributed by atoms with van der Waals surface area (Å²) >= 11 is 6.01. The monoisotopic (exact) mass is 311 g/mol. The summed E-state index contributed by atoms with van der Waals surface area (Å²) in [6, 6.07) is 13.0. The Kier molecular flexibility index (Phi) is 4.06. The van der Waals surface area contributed by atoms with E-state index in [2.05, 4.69) is 0 Å². The van der Waals surface area contributed by atoms with E-state index in [-0.39, 0.29) is 10.6 Å². The van der Waals surface area contributed by atoms with Crippen molar-refractivity contribution in [1.82, 2.24) is 0 Å². The fourth-order valence-electron chi connectivity index (χ4n) is 1.66. The molecule has 0 heterocycles. The molecule has 0 N–H and O–H groups in total. The van der Waals surface area contributed by atoms with Gasteiger partial charge in [0.1, 0.15) is 0 Å². The van der Waals surface area contributed by atoms with Crippen LogP contribution in [-0.2, 0) is 9.84 Å². The Balaban J connectivity index is 2.36. The molecule has 0 aliphatic carbocycles. The third kappa shape index (κ3) is 2.81. The summed E-state index contributed by atoms with van der Waals surface area (Å²) < 4.78 is 23.3. The van der Waals surface area contributed by atoms with Crippen molar-refractivity contribution < 1.29 is 13.3 Å². The molecule has 5 nitrogen and oxygen atoms in total. The number of nitro groups is 1. The highest BCUT2D eigenvalue weighted by atomic mass is 35.5. The maximum absolute atomic E-state index is 12.3. The van der Waals surface area contributed by atoms with Gasteiger partial charge in [-0.3, -0.25) is 10.1 Å². The molecule has 0 spiro atoms. The molecule has 0 radical (unpaired) electrons. The Morgan fingerprint density at radius 1 is 1.00 bits per heavy atom. The predicted octanol–water partition coefficient (Wildman–Crippen LogP) is 3.31. The fraction of sp³-hybridized carbons (Fsp3) is 0.0769. The second kappa shape index (κ2) is 5.60. The second-order valence-electron chi connectivity index (χ2n) is 4.02. The average molecular weight is 312 g/mol. The number of hydrogen-bond donors (Lipinski definition) is 0. The average Bonchev–Trinajstić information content (AvgIpc) is 2.47. The quantitative estimate of drug-likeness (QED) is 0.493. The van der Waals surface area contributed by atoms with Gasteiger partial charge in [0.05, 0.1) is 9.82 Å². The van der Waals surface area contributed by atoms with Crippen LogP contribution in [-0.4, -0.2) is 13.3 Å². The van der Waals surface area contributed by atoms with Crippen molar-refractivity contribution in [1.29, 1.82) is 0 Å². The van der Waals surface area contributed by atoms with Crippen LogP contribution in [0, 0.1) is 10.1 Å². The number of sulfone groups is 1. The van der Waals surface area contributed by atoms with Gasteiger partial charge in [0.15, 0.2) is 14.5 Å². The molecule has 0 fully saturated rings. The summed E-state index contributed by atoms with van der Waals surface area (Å²) in [5, 5.41) is 10.6. The topological polar surface area (TPSA) is 77.3 Å². The number of nitrogens with zero attached hydrogens (tertiary/aromatic N) is 1. The zero-order valence-electron chi connectivity index (χ0n) is 10.1. The minimum atomic E-state index is -3.73. The first-order valence-electron chi connectivity index (χ1n) is 5.60. The van der Waals surface area contributed by atoms with Crippen LogP contribution >= 0.6 is 11.6 Å². The molecular weight excluding hydrogens is 302 g/mol. The first-order chi connectivity index (χ1) is 9.43. The van der Waals surface area contributed by atoms with Gasteiger partial charge < -0.3 is 0 Å². The van der Waals surface area contributed by atoms with E-state index >= 15 is 0 Å². The van der Waals surface area contributed by atoms with E-state index in [1.54, 1.807) is 18.2 Å². The van der Waals surface area contributed by atoms with Crippen molar-refractivity contribution in [3.63, 3.8) is 0 Å². The van der Waals surface area contributed by atoms with Gasteiger partial charge in [-0.1, -0.05) is 29.8 Å². The highest BCUT2D eigenvalue weighted by Crippen LogP contribution is 2.32. The summed E-state index contributed by atoms with van der Waals surface area (Å²) in [5.41, 5.74) is 0.177. The molecule has 0 aliphatic rings. The smallest absolute Gasteiger partial charge is 0.258 e. The van der Waals surface area contributed by atoms with Crippen molar-refractivity contribution in [2.75, 3.05) is 0 Å². The molecule has 0 aromatic heterocycles. The van der Waals surface area contributed by atoms with Crippen molar-refractivity contribution in [2.24, 2.45) is 0 Å². The summed E-state index contributed by atoms with van der Waals surface area (Å²) in [7, 11) is -3.73. The lowest BCUT2D eigenvalue weighted by Gasteiger charge is -2.11. The summed E-state index contributed by atoms with van der Waals surface area (Å²) in [6.07, 6.45) is 0. The number of halogens is 1. The van der Waals surface area contributed by atoms with E-state index in [1.165, 1.54) is 36.4 Å². The fourth-order valence-corrected chi connectivity index (χ4v) is 3.40. The maximum atomic E-state index is 12.3. The lowest BCUT2D eigenvalue weighted by molar-refractivity contribution is -0.384. The summed E-state index contributed by atoms with van der Waals surface area (Å²) in [4.78, 5) is 10.1. The van der Waals surface area contributed by atoms with Crippen LogP contribution in [0.2, 0.25) is 0 Å². The van der Waals surface area contributed by atoms with Crippen LogP contribution in [0.4, 0.5) is 5.69 Å². The van der Waals surface area contributed by atoms with Gasteiger partial charge in [-0.2, -0.15) is 0 Å². The molecule has 0 aliphatic heterocycles. The number of rotatable bonds is 4. The maximum Gasteiger partial charge on any atom is 0.269 e. The molecule has 2 aromatic rings. The number of nitro benzene ring substituents is 1. The van der Waals surface area contributed by atoms with Gasteiger partial charge in [0, 0.05) is 12.1 Å². The highest BCUT2D eigenvalue weighted by Gasteiger charge is 2.27. The molecule has 2 aromatic carbocycles. The normalized spacial score (nSPS) is 12.8. The first-order valence-corrected chi connectivity index (χ1v) is 7.58. The molecule has 7 heteroatoms. The molecule has 104 valence electrons. The van der Waals surface area contributed by atoms with Gasteiger partial charge in [-0.25, -0.2) is 8.42 Å². The molecule has 0 unspecified atom stereocenters. The van der Waals surface area contributed by atoms with Gasteiger partial charge in [0.25, 0.3) is 5.69 Å². The molecule has 0 saturated heterocycles. The van der Waals surface area contributed by atoms with Crippen molar-refractivity contribution >= 4 is 27.1 Å². The molecule has 0 saturated carbocycles. The largest absolute Gasteiger partial charge is 0.269 e. The minimum Gasteiger partial charge on any atom is -0.258 e. The molecule has 2 rings (SSSR count). The van der Waals surface area contributed by atoms with E-state index in [1.807, 2.05) is 0 Å². The lowest BCUT2D eigenvalue weighted by Crippen LogP contribution is -2.08. The van der Waals surface area contributed by atoms with Crippen LogP contribution in [0.5, 0.6) is 0 Å². The van der Waals surface area contributed by atoms with Crippen LogP contribution in [0.3, 0.4) is 0 Å². The number of alkyl halides is 1. The first kappa shape index (κ1) is 14.5. The number of benzene rings is 2. The van der Waals surface area contributed by atoms with Gasteiger partial charge in [-0.05, 0) is 29.8 Å². The third-order valence-corrected chi connectivity index (χ3v) is 5.41. The van der Waals surface area contributed by atoms with Gasteiger partial charge in [0.2, 0.25) is 0 Å².